The monoisotopic (exact) mass is 671 g/mol. The fraction of sp³-hybridized carbons (Fsp3) is 0.938. The maximum atomic E-state index is 10.1. The number of hydrogen-bond donors (Lipinski definition) is 0. The summed E-state index contributed by atoms with van der Waals surface area (Å²) in [6.45, 7) is 9.03. The molecule has 0 radical (unpaired) electrons. The maximum Gasteiger partial charge on any atom is 1.00 e. The summed E-state index contributed by atoms with van der Waals surface area (Å²) in [4.78, 5) is 20.2. The molecule has 0 aromatic carbocycles. The van der Waals surface area contributed by atoms with E-state index in [4.69, 9.17) is 0 Å². The molecule has 0 saturated carbocycles. The van der Waals surface area contributed by atoms with Crippen molar-refractivity contribution in [3.63, 3.8) is 0 Å². The van der Waals surface area contributed by atoms with Crippen molar-refractivity contribution in [2.75, 3.05) is 0 Å². The number of carbonyl (C=O) groups excluding carboxylic acids is 2. The van der Waals surface area contributed by atoms with Gasteiger partial charge in [-0.15, -0.1) is 0 Å². The van der Waals surface area contributed by atoms with Gasteiger partial charge < -0.3 is 19.8 Å². The molecule has 0 aliphatic carbocycles. The van der Waals surface area contributed by atoms with Crippen LogP contribution in [0.1, 0.15) is 182 Å². The average molecular weight is 671 g/mol. The Bertz CT molecular complexity index is 398. The van der Waals surface area contributed by atoms with Gasteiger partial charge in [0.05, 0.1) is 0 Å². The molecule has 0 heterocycles. The Kier molecular flexibility index (Phi) is 55.3. The molecule has 0 rings (SSSR count). The Balaban J connectivity index is -0.000000231. The Morgan fingerprint density at radius 1 is 0.421 bits per heavy atom. The van der Waals surface area contributed by atoms with Crippen molar-refractivity contribution in [1.29, 1.82) is 0 Å². The van der Waals surface area contributed by atoms with Crippen LogP contribution in [0, 0.1) is 0 Å². The topological polar surface area (TPSA) is 80.3 Å². The predicted molar refractivity (Wildman–Crippen MR) is 159 cm³/mol. The summed E-state index contributed by atoms with van der Waals surface area (Å²) in [6, 6.07) is 0. The molecule has 0 unspecified atom stereocenters. The molecule has 0 aromatic rings. The Hall–Kier alpha value is 1.38. The van der Waals surface area contributed by atoms with E-state index in [1.165, 1.54) is 116 Å². The summed E-state index contributed by atoms with van der Waals surface area (Å²) in [5.74, 6) is -1.82. The molecule has 38 heavy (non-hydrogen) atoms. The van der Waals surface area contributed by atoms with Crippen LogP contribution in [0.4, 0.5) is 0 Å². The van der Waals surface area contributed by atoms with Crippen LogP contribution >= 0.6 is 0 Å². The van der Waals surface area contributed by atoms with Crippen molar-refractivity contribution in [3.05, 3.63) is 0 Å². The van der Waals surface area contributed by atoms with Crippen molar-refractivity contribution in [3.8, 4) is 0 Å². The molecule has 220 valence electrons. The van der Waals surface area contributed by atoms with Gasteiger partial charge in [-0.05, 0) is 25.7 Å². The van der Waals surface area contributed by atoms with Crippen molar-refractivity contribution in [1.82, 2.24) is 0 Å². The van der Waals surface area contributed by atoms with E-state index in [2.05, 4.69) is 27.7 Å². The first-order valence-corrected chi connectivity index (χ1v) is 20.1. The van der Waals surface area contributed by atoms with Crippen LogP contribution in [0.2, 0.25) is 8.87 Å². The quantitative estimate of drug-likeness (QED) is 0.0907. The molecule has 0 fully saturated rings. The zero-order chi connectivity index (χ0) is 28.2. The van der Waals surface area contributed by atoms with E-state index in [0.717, 1.165) is 25.7 Å². The maximum absolute atomic E-state index is 10.1. The summed E-state index contributed by atoms with van der Waals surface area (Å²) < 4.78 is 3.25. The van der Waals surface area contributed by atoms with Gasteiger partial charge in [-0.25, -0.2) is 0 Å². The fourth-order valence-corrected chi connectivity index (χ4v) is 8.05. The van der Waals surface area contributed by atoms with E-state index in [9.17, 15) is 19.8 Å². The number of carboxylic acid groups (broad SMARTS) is 2. The fourth-order valence-electron chi connectivity index (χ4n) is 3.89. The zero-order valence-electron chi connectivity index (χ0n) is 26.5. The zero-order valence-corrected chi connectivity index (χ0v) is 32.5. The van der Waals surface area contributed by atoms with E-state index < -0.39 is 11.9 Å². The van der Waals surface area contributed by atoms with Crippen LogP contribution in [0.5, 0.6) is 0 Å². The van der Waals surface area contributed by atoms with Gasteiger partial charge >= 0.3 is 121 Å². The number of unbranched alkanes of at least 4 members (excludes halogenated alkanes) is 18. The minimum atomic E-state index is -0.909. The van der Waals surface area contributed by atoms with Crippen molar-refractivity contribution in [2.24, 2.45) is 0 Å². The van der Waals surface area contributed by atoms with Gasteiger partial charge in [0.25, 0.3) is 0 Å². The minimum Gasteiger partial charge on any atom is 1.00 e. The molecule has 0 spiro atoms. The molecule has 0 amide bonds. The van der Waals surface area contributed by atoms with Crippen LogP contribution in [0.3, 0.4) is 0 Å². The molecule has 0 bridgehead atoms. The molecule has 4 nitrogen and oxygen atoms in total. The van der Waals surface area contributed by atoms with Gasteiger partial charge in [0.2, 0.25) is 0 Å². The van der Waals surface area contributed by atoms with Gasteiger partial charge in [0.1, 0.15) is 0 Å². The molecule has 0 aliphatic rings. The van der Waals surface area contributed by atoms with E-state index in [-0.39, 0.29) is 85.4 Å². The molecule has 0 N–H and O–H groups in total. The largest absolute Gasteiger partial charge is 1.00 e. The number of hydrogen-bond acceptors (Lipinski definition) is 4. The van der Waals surface area contributed by atoms with Crippen LogP contribution in [0.25, 0.3) is 0 Å². The molecule has 0 atom stereocenters. The molecule has 0 aliphatic heterocycles. The van der Waals surface area contributed by atoms with Crippen molar-refractivity contribution >= 4 is 33.1 Å². The second-order valence-electron chi connectivity index (χ2n) is 10.4. The average Bonchev–Trinajstić information content (AvgIpc) is 2.87. The summed E-state index contributed by atoms with van der Waals surface area (Å²) in [5, 5.41) is 20.2. The summed E-state index contributed by atoms with van der Waals surface area (Å²) >= 11 is 0.149. The Morgan fingerprint density at radius 3 is 0.895 bits per heavy atom. The third kappa shape index (κ3) is 57.3. The van der Waals surface area contributed by atoms with Crippen molar-refractivity contribution in [2.45, 2.75) is 191 Å². The van der Waals surface area contributed by atoms with E-state index >= 15 is 0 Å². The standard InChI is InChI=1S/2C12H24O2.2C4H9.K.Sn/c2*1-2-3-4-5-6-7-8-9-10-11-12(13)14;2*1-3-4-2;;/h2*2-11H2,1H3,(H,13,14);2*1,3-4H2,2H3;;/q;;;;+1;+2/p-2. The molecule has 0 aromatic heterocycles. The van der Waals surface area contributed by atoms with Crippen LogP contribution < -0.4 is 61.6 Å². The molecule has 0 saturated heterocycles. The SMILES string of the molecule is CCCCCCCCCCCC(=O)[O-].CCCCCCCCCCCC(=O)[O-].CCC[CH2][Sn+2][CH2]CCC.[K+]. The number of carboxylic acids is 2. The number of aliphatic carboxylic acids is 2. The van der Waals surface area contributed by atoms with Gasteiger partial charge in [0, 0.05) is 11.9 Å². The van der Waals surface area contributed by atoms with Crippen LogP contribution in [-0.4, -0.2) is 33.1 Å². The molecular weight excluding hydrogens is 606 g/mol. The first-order valence-electron chi connectivity index (χ1n) is 16.1. The minimum absolute atomic E-state index is 0. The molecular formula is C32H64KO4Sn+. The predicted octanol–water partition coefficient (Wildman–Crippen LogP) is 5.45. The summed E-state index contributed by atoms with van der Waals surface area (Å²) in [6.07, 6.45) is 28.2. The molecule has 6 heteroatoms. The van der Waals surface area contributed by atoms with E-state index in [0.29, 0.717) is 0 Å². The van der Waals surface area contributed by atoms with Crippen LogP contribution in [-0.2, 0) is 9.59 Å². The van der Waals surface area contributed by atoms with Gasteiger partial charge in [0.15, 0.2) is 0 Å². The Labute approximate surface area is 291 Å². The van der Waals surface area contributed by atoms with Gasteiger partial charge in [-0.2, -0.15) is 0 Å². The van der Waals surface area contributed by atoms with Gasteiger partial charge in [-0.1, -0.05) is 117 Å². The van der Waals surface area contributed by atoms with Crippen molar-refractivity contribution < 1.29 is 71.2 Å². The second kappa shape index (κ2) is 45.4. The third-order valence-electron chi connectivity index (χ3n) is 6.38. The third-order valence-corrected chi connectivity index (χ3v) is 10.4. The smallest absolute Gasteiger partial charge is 1.00 e. The Morgan fingerprint density at radius 2 is 0.658 bits per heavy atom. The first-order chi connectivity index (χ1) is 18.0. The van der Waals surface area contributed by atoms with Gasteiger partial charge in [-0.3, -0.25) is 0 Å². The van der Waals surface area contributed by atoms with Crippen LogP contribution in [0.15, 0.2) is 0 Å². The number of rotatable bonds is 26. The summed E-state index contributed by atoms with van der Waals surface area (Å²) in [5.41, 5.74) is 0. The number of carbonyl (C=O) groups is 2. The summed E-state index contributed by atoms with van der Waals surface area (Å²) in [7, 11) is 0. The van der Waals surface area contributed by atoms with E-state index in [1.54, 1.807) is 8.87 Å². The first kappa shape index (κ1) is 46.3. The van der Waals surface area contributed by atoms with E-state index in [1.807, 2.05) is 0 Å². The second-order valence-corrected chi connectivity index (χ2v) is 14.6. The normalized spacial score (nSPS) is 9.79.